The summed E-state index contributed by atoms with van der Waals surface area (Å²) in [6.07, 6.45) is 1.82. The summed E-state index contributed by atoms with van der Waals surface area (Å²) in [5.41, 5.74) is 4.57. The molecule has 2 aromatic heterocycles. The van der Waals surface area contributed by atoms with Crippen molar-refractivity contribution in [3.8, 4) is 28.1 Å². The van der Waals surface area contributed by atoms with E-state index in [-0.39, 0.29) is 0 Å². The third kappa shape index (κ3) is 5.02. The second kappa shape index (κ2) is 9.61. The van der Waals surface area contributed by atoms with Crippen LogP contribution in [-0.2, 0) is 6.61 Å². The van der Waals surface area contributed by atoms with E-state index in [0.717, 1.165) is 21.7 Å². The summed E-state index contributed by atoms with van der Waals surface area (Å²) in [7, 11) is 1.61. The van der Waals surface area contributed by atoms with Crippen LogP contribution in [0.4, 0.5) is 0 Å². The highest BCUT2D eigenvalue weighted by Crippen LogP contribution is 2.32. The predicted molar refractivity (Wildman–Crippen MR) is 127 cm³/mol. The molecule has 4 rings (SSSR count). The zero-order valence-electron chi connectivity index (χ0n) is 17.2. The maximum atomic E-state index is 9.69. The molecule has 0 fully saturated rings. The van der Waals surface area contributed by atoms with E-state index in [2.05, 4.69) is 42.2 Å². The lowest BCUT2D eigenvalue weighted by molar-refractivity contribution is 0.284. The Morgan fingerprint density at radius 3 is 2.65 bits per heavy atom. The number of thiophene rings is 1. The highest BCUT2D eigenvalue weighted by atomic mass is 32.1. The molecule has 154 valence electrons. The van der Waals surface area contributed by atoms with Gasteiger partial charge in [0.15, 0.2) is 11.5 Å². The summed E-state index contributed by atoms with van der Waals surface area (Å²) >= 11 is 3.10. The van der Waals surface area contributed by atoms with Crippen molar-refractivity contribution in [3.63, 3.8) is 0 Å². The number of rotatable bonds is 7. The zero-order valence-corrected chi connectivity index (χ0v) is 18.8. The molecule has 0 N–H and O–H groups in total. The number of aryl methyl sites for hydroxylation is 1. The molecule has 0 saturated carbocycles. The molecule has 0 aliphatic heterocycles. The first kappa shape index (κ1) is 20.9. The van der Waals surface area contributed by atoms with Crippen molar-refractivity contribution in [1.82, 2.24) is 4.98 Å². The number of nitrogens with zero attached hydrogens (tertiary/aromatic N) is 2. The Morgan fingerprint density at radius 2 is 1.94 bits per heavy atom. The lowest BCUT2D eigenvalue weighted by Gasteiger charge is -2.11. The van der Waals surface area contributed by atoms with Crippen LogP contribution in [0.3, 0.4) is 0 Å². The SMILES string of the molecule is COc1cc(/C=C(/C#N)c2nc(-c3cccs3)cs2)ccc1OCc1ccc(C)cc1. The van der Waals surface area contributed by atoms with E-state index < -0.39 is 0 Å². The standard InChI is InChI=1S/C25H20N2O2S2/c1-17-5-7-18(8-6-17)15-29-22-10-9-19(13-23(22)28-2)12-20(14-26)25-27-21(16-31-25)24-4-3-11-30-24/h3-13,16H,15H2,1-2H3/b20-12-. The van der Waals surface area contributed by atoms with Gasteiger partial charge in [-0.25, -0.2) is 4.98 Å². The number of thiazole rings is 1. The molecule has 2 aromatic carbocycles. The minimum Gasteiger partial charge on any atom is -0.493 e. The van der Waals surface area contributed by atoms with Crippen LogP contribution in [0.5, 0.6) is 11.5 Å². The van der Waals surface area contributed by atoms with Crippen LogP contribution >= 0.6 is 22.7 Å². The quantitative estimate of drug-likeness (QED) is 0.293. The van der Waals surface area contributed by atoms with Gasteiger partial charge in [0.25, 0.3) is 0 Å². The van der Waals surface area contributed by atoms with Crippen LogP contribution in [-0.4, -0.2) is 12.1 Å². The minimum atomic E-state index is 0.458. The first-order valence-electron chi connectivity index (χ1n) is 9.64. The number of aromatic nitrogens is 1. The summed E-state index contributed by atoms with van der Waals surface area (Å²) in [6, 6.07) is 20.2. The molecule has 0 aliphatic carbocycles. The Morgan fingerprint density at radius 1 is 1.10 bits per heavy atom. The molecule has 0 radical (unpaired) electrons. The van der Waals surface area contributed by atoms with Crippen molar-refractivity contribution in [1.29, 1.82) is 5.26 Å². The van der Waals surface area contributed by atoms with Crippen LogP contribution in [0.1, 0.15) is 21.7 Å². The van der Waals surface area contributed by atoms with E-state index >= 15 is 0 Å². The van der Waals surface area contributed by atoms with Crippen molar-refractivity contribution < 1.29 is 9.47 Å². The van der Waals surface area contributed by atoms with Crippen LogP contribution in [0, 0.1) is 18.3 Å². The summed E-state index contributed by atoms with van der Waals surface area (Å²) in [6.45, 7) is 2.52. The van der Waals surface area contributed by atoms with Gasteiger partial charge in [0.1, 0.15) is 17.7 Å². The molecule has 2 heterocycles. The van der Waals surface area contributed by atoms with Gasteiger partial charge in [0.2, 0.25) is 0 Å². The third-order valence-corrected chi connectivity index (χ3v) is 6.41. The molecule has 0 amide bonds. The van der Waals surface area contributed by atoms with Crippen molar-refractivity contribution in [3.05, 3.63) is 87.1 Å². The topological polar surface area (TPSA) is 55.1 Å². The molecule has 0 aliphatic rings. The van der Waals surface area contributed by atoms with Crippen LogP contribution in [0.2, 0.25) is 0 Å². The van der Waals surface area contributed by atoms with Gasteiger partial charge >= 0.3 is 0 Å². The van der Waals surface area contributed by atoms with Gasteiger partial charge in [0.05, 0.1) is 23.3 Å². The molecular formula is C25H20N2O2S2. The molecule has 0 spiro atoms. The molecule has 0 bridgehead atoms. The minimum absolute atomic E-state index is 0.458. The van der Waals surface area contributed by atoms with Gasteiger partial charge in [-0.05, 0) is 47.7 Å². The average molecular weight is 445 g/mol. The van der Waals surface area contributed by atoms with Gasteiger partial charge in [-0.3, -0.25) is 0 Å². The fourth-order valence-electron chi connectivity index (χ4n) is 2.98. The maximum absolute atomic E-state index is 9.69. The second-order valence-electron chi connectivity index (χ2n) is 6.87. The number of benzene rings is 2. The van der Waals surface area contributed by atoms with E-state index in [1.54, 1.807) is 18.4 Å². The number of hydrogen-bond acceptors (Lipinski definition) is 6. The number of hydrogen-bond donors (Lipinski definition) is 0. The first-order chi connectivity index (χ1) is 15.2. The Kier molecular flexibility index (Phi) is 6.46. The zero-order chi connectivity index (χ0) is 21.6. The summed E-state index contributed by atoms with van der Waals surface area (Å²) in [4.78, 5) is 5.73. The van der Waals surface area contributed by atoms with E-state index in [9.17, 15) is 5.26 Å². The Labute approximate surface area is 189 Å². The van der Waals surface area contributed by atoms with Gasteiger partial charge in [-0.15, -0.1) is 22.7 Å². The van der Waals surface area contributed by atoms with Crippen molar-refractivity contribution in [2.75, 3.05) is 7.11 Å². The number of nitriles is 1. The molecule has 0 saturated heterocycles. The summed E-state index contributed by atoms with van der Waals surface area (Å²) < 4.78 is 11.5. The fourth-order valence-corrected chi connectivity index (χ4v) is 4.53. The summed E-state index contributed by atoms with van der Waals surface area (Å²) in [5, 5.41) is 14.4. The van der Waals surface area contributed by atoms with Gasteiger partial charge in [-0.2, -0.15) is 5.26 Å². The molecule has 4 aromatic rings. The Hall–Kier alpha value is -3.40. The van der Waals surface area contributed by atoms with Gasteiger partial charge in [0, 0.05) is 5.38 Å². The molecule has 31 heavy (non-hydrogen) atoms. The lowest BCUT2D eigenvalue weighted by Crippen LogP contribution is -1.98. The van der Waals surface area contributed by atoms with Crippen LogP contribution in [0.15, 0.2) is 65.4 Å². The smallest absolute Gasteiger partial charge is 0.161 e. The summed E-state index contributed by atoms with van der Waals surface area (Å²) in [5.74, 6) is 1.28. The van der Waals surface area contributed by atoms with E-state index in [4.69, 9.17) is 9.47 Å². The third-order valence-electron chi connectivity index (χ3n) is 4.64. The highest BCUT2D eigenvalue weighted by molar-refractivity contribution is 7.14. The molecular weight excluding hydrogens is 424 g/mol. The maximum Gasteiger partial charge on any atom is 0.161 e. The largest absolute Gasteiger partial charge is 0.493 e. The molecule has 0 atom stereocenters. The van der Waals surface area contributed by atoms with E-state index in [1.807, 2.05) is 47.2 Å². The molecule has 4 nitrogen and oxygen atoms in total. The number of methoxy groups -OCH3 is 1. The van der Waals surface area contributed by atoms with Crippen molar-refractivity contribution in [2.24, 2.45) is 0 Å². The van der Waals surface area contributed by atoms with E-state index in [1.165, 1.54) is 16.9 Å². The average Bonchev–Trinajstić information content (AvgIpc) is 3.49. The Balaban J connectivity index is 1.54. The van der Waals surface area contributed by atoms with E-state index in [0.29, 0.717) is 28.7 Å². The fraction of sp³-hybridized carbons (Fsp3) is 0.120. The highest BCUT2D eigenvalue weighted by Gasteiger charge is 2.11. The van der Waals surface area contributed by atoms with Crippen LogP contribution in [0.25, 0.3) is 22.2 Å². The second-order valence-corrected chi connectivity index (χ2v) is 8.68. The predicted octanol–water partition coefficient (Wildman–Crippen LogP) is 6.83. The van der Waals surface area contributed by atoms with Crippen LogP contribution < -0.4 is 9.47 Å². The number of allylic oxidation sites excluding steroid dienone is 1. The first-order valence-corrected chi connectivity index (χ1v) is 11.4. The van der Waals surface area contributed by atoms with Crippen molar-refractivity contribution in [2.45, 2.75) is 13.5 Å². The molecule has 6 heteroatoms. The normalized spacial score (nSPS) is 11.2. The van der Waals surface area contributed by atoms with Gasteiger partial charge in [-0.1, -0.05) is 42.0 Å². The molecule has 0 unspecified atom stereocenters. The van der Waals surface area contributed by atoms with Crippen molar-refractivity contribution >= 4 is 34.3 Å². The number of ether oxygens (including phenoxy) is 2. The Bertz CT molecular complexity index is 1230. The van der Waals surface area contributed by atoms with Gasteiger partial charge < -0.3 is 9.47 Å². The monoisotopic (exact) mass is 444 g/mol. The lowest BCUT2D eigenvalue weighted by atomic mass is 10.1.